The third kappa shape index (κ3) is 5.25. The van der Waals surface area contributed by atoms with Gasteiger partial charge in [-0.2, -0.15) is 0 Å². The van der Waals surface area contributed by atoms with E-state index in [2.05, 4.69) is 38.3 Å². The van der Waals surface area contributed by atoms with E-state index in [1.165, 1.54) is 14.0 Å². The van der Waals surface area contributed by atoms with Crippen LogP contribution in [0.25, 0.3) is 0 Å². The summed E-state index contributed by atoms with van der Waals surface area (Å²) in [5.74, 6) is 0.766. The van der Waals surface area contributed by atoms with Gasteiger partial charge >= 0.3 is 11.9 Å². The molecule has 5 rings (SSSR count). The lowest BCUT2D eigenvalue weighted by Crippen LogP contribution is -2.70. The summed E-state index contributed by atoms with van der Waals surface area (Å²) in [5, 5.41) is 6.66. The molecular formula is C33H52N2O6. The third-order valence-electron chi connectivity index (χ3n) is 12.6. The van der Waals surface area contributed by atoms with Crippen LogP contribution >= 0.6 is 0 Å². The fourth-order valence-corrected chi connectivity index (χ4v) is 10.5. The number of Topliss-reactive ketones (excluding diaryl/α,β-unsaturated/α-hetero) is 1. The first-order valence-corrected chi connectivity index (χ1v) is 16.2. The molecule has 41 heavy (non-hydrogen) atoms. The molecule has 8 nitrogen and oxygen atoms in total. The smallest absolute Gasteiger partial charge is 0.305 e. The van der Waals surface area contributed by atoms with Gasteiger partial charge in [-0.3, -0.25) is 19.2 Å². The number of ether oxygens (including phenoxy) is 2. The van der Waals surface area contributed by atoms with Crippen molar-refractivity contribution < 1.29 is 28.7 Å². The minimum atomic E-state index is -0.665. The van der Waals surface area contributed by atoms with E-state index in [1.807, 2.05) is 0 Å². The topological polar surface area (TPSA) is 111 Å². The SMILES string of the molecule is COC(=O)CC[C@@H](C)C1CCC2C3C(OC(C)=O)C[C@@H]4C[C@H](C)CC[C@]4(C)C3C(NC(=O)C3CCCN3)C(=O)[C@@]21C. The van der Waals surface area contributed by atoms with Crippen LogP contribution in [0.15, 0.2) is 0 Å². The van der Waals surface area contributed by atoms with Crippen LogP contribution in [0.2, 0.25) is 0 Å². The average molecular weight is 573 g/mol. The molecule has 0 radical (unpaired) electrons. The van der Waals surface area contributed by atoms with E-state index in [4.69, 9.17) is 9.47 Å². The van der Waals surface area contributed by atoms with Crippen LogP contribution in [-0.4, -0.2) is 55.5 Å². The first-order chi connectivity index (χ1) is 19.4. The summed E-state index contributed by atoms with van der Waals surface area (Å²) in [6.45, 7) is 11.3. The minimum Gasteiger partial charge on any atom is -0.469 e. The highest BCUT2D eigenvalue weighted by molar-refractivity contribution is 5.96. The van der Waals surface area contributed by atoms with Gasteiger partial charge in [-0.25, -0.2) is 0 Å². The minimum absolute atomic E-state index is 0.0101. The molecule has 0 spiro atoms. The number of esters is 2. The van der Waals surface area contributed by atoms with Crippen LogP contribution in [0.3, 0.4) is 0 Å². The van der Waals surface area contributed by atoms with Gasteiger partial charge in [-0.15, -0.1) is 0 Å². The van der Waals surface area contributed by atoms with Gasteiger partial charge in [0, 0.05) is 24.7 Å². The Hall–Kier alpha value is -1.96. The second-order valence-corrected chi connectivity index (χ2v) is 14.7. The van der Waals surface area contributed by atoms with Gasteiger partial charge in [0.05, 0.1) is 19.2 Å². The van der Waals surface area contributed by atoms with Crippen LogP contribution in [0.1, 0.15) is 98.8 Å². The average Bonchev–Trinajstić information content (AvgIpc) is 3.59. The van der Waals surface area contributed by atoms with Crippen LogP contribution in [0, 0.1) is 52.3 Å². The molecular weight excluding hydrogens is 520 g/mol. The van der Waals surface area contributed by atoms with Gasteiger partial charge in [-0.1, -0.05) is 34.1 Å². The van der Waals surface area contributed by atoms with E-state index < -0.39 is 11.5 Å². The molecule has 4 saturated carbocycles. The molecule has 8 heteroatoms. The van der Waals surface area contributed by atoms with E-state index in [-0.39, 0.29) is 70.8 Å². The summed E-state index contributed by atoms with van der Waals surface area (Å²) in [7, 11) is 1.41. The second kappa shape index (κ2) is 11.6. The number of fused-ring (bicyclic) bond motifs is 5. The van der Waals surface area contributed by atoms with Crippen LogP contribution in [0.4, 0.5) is 0 Å². The number of hydrogen-bond acceptors (Lipinski definition) is 7. The van der Waals surface area contributed by atoms with Crippen molar-refractivity contribution >= 4 is 23.6 Å². The van der Waals surface area contributed by atoms with E-state index >= 15 is 4.79 Å². The monoisotopic (exact) mass is 572 g/mol. The summed E-state index contributed by atoms with van der Waals surface area (Å²) in [6, 6.07) is -0.878. The van der Waals surface area contributed by atoms with Gasteiger partial charge in [0.25, 0.3) is 0 Å². The Morgan fingerprint density at radius 3 is 2.54 bits per heavy atom. The lowest BCUT2D eigenvalue weighted by atomic mass is 9.41. The maximum Gasteiger partial charge on any atom is 0.305 e. The molecule has 2 N–H and O–H groups in total. The number of nitrogens with one attached hydrogen (secondary N) is 2. The van der Waals surface area contributed by atoms with Crippen LogP contribution < -0.4 is 10.6 Å². The Bertz CT molecular complexity index is 1040. The number of amides is 1. The molecule has 5 aliphatic rings. The van der Waals surface area contributed by atoms with Crippen molar-refractivity contribution in [3.63, 3.8) is 0 Å². The molecule has 0 bridgehead atoms. The van der Waals surface area contributed by atoms with Crippen molar-refractivity contribution in [2.45, 2.75) is 117 Å². The van der Waals surface area contributed by atoms with Crippen LogP contribution in [-0.2, 0) is 28.7 Å². The molecule has 0 aromatic carbocycles. The Kier molecular flexibility index (Phi) is 8.64. The molecule has 1 saturated heterocycles. The zero-order chi connectivity index (χ0) is 29.7. The fourth-order valence-electron chi connectivity index (χ4n) is 10.5. The van der Waals surface area contributed by atoms with Crippen molar-refractivity contribution in [2.75, 3.05) is 13.7 Å². The van der Waals surface area contributed by atoms with Crippen LogP contribution in [0.5, 0.6) is 0 Å². The highest BCUT2D eigenvalue weighted by Crippen LogP contribution is 2.68. The van der Waals surface area contributed by atoms with Gasteiger partial charge in [0.15, 0.2) is 5.78 Å². The number of methoxy groups -OCH3 is 1. The Morgan fingerprint density at radius 1 is 1.12 bits per heavy atom. The third-order valence-corrected chi connectivity index (χ3v) is 12.6. The van der Waals surface area contributed by atoms with Crippen molar-refractivity contribution in [1.29, 1.82) is 0 Å². The predicted molar refractivity (Wildman–Crippen MR) is 154 cm³/mol. The summed E-state index contributed by atoms with van der Waals surface area (Å²) in [4.78, 5) is 53.2. The fraction of sp³-hybridized carbons (Fsp3) is 0.879. The van der Waals surface area contributed by atoms with Crippen molar-refractivity contribution in [3.8, 4) is 0 Å². The molecule has 1 heterocycles. The Labute approximate surface area is 245 Å². The lowest BCUT2D eigenvalue weighted by molar-refractivity contribution is -0.199. The number of carbonyl (C=O) groups is 4. The molecule has 5 fully saturated rings. The maximum absolute atomic E-state index is 15.0. The van der Waals surface area contributed by atoms with Crippen molar-refractivity contribution in [2.24, 2.45) is 52.3 Å². The zero-order valence-electron chi connectivity index (χ0n) is 26.0. The van der Waals surface area contributed by atoms with E-state index in [1.54, 1.807) is 0 Å². The number of carbonyl (C=O) groups excluding carboxylic acids is 4. The number of hydrogen-bond donors (Lipinski definition) is 2. The van der Waals surface area contributed by atoms with Crippen molar-refractivity contribution in [1.82, 2.24) is 10.6 Å². The Morgan fingerprint density at radius 2 is 1.88 bits per heavy atom. The molecule has 12 atom stereocenters. The van der Waals surface area contributed by atoms with Gasteiger partial charge in [0.2, 0.25) is 5.91 Å². The molecule has 1 aliphatic heterocycles. The number of rotatable bonds is 7. The first kappa shape index (κ1) is 30.5. The lowest BCUT2D eigenvalue weighted by Gasteiger charge is -2.64. The molecule has 4 aliphatic carbocycles. The maximum atomic E-state index is 15.0. The quantitative estimate of drug-likeness (QED) is 0.434. The predicted octanol–water partition coefficient (Wildman–Crippen LogP) is 4.44. The second-order valence-electron chi connectivity index (χ2n) is 14.7. The molecule has 230 valence electrons. The van der Waals surface area contributed by atoms with Crippen molar-refractivity contribution in [3.05, 3.63) is 0 Å². The summed E-state index contributed by atoms with van der Waals surface area (Å²) in [5.41, 5.74) is -0.776. The molecule has 1 amide bonds. The first-order valence-electron chi connectivity index (χ1n) is 16.2. The van der Waals surface area contributed by atoms with Gasteiger partial charge < -0.3 is 20.1 Å². The zero-order valence-corrected chi connectivity index (χ0v) is 26.0. The molecule has 7 unspecified atom stereocenters. The largest absolute Gasteiger partial charge is 0.469 e. The summed E-state index contributed by atoms with van der Waals surface area (Å²) < 4.78 is 11.1. The van der Waals surface area contributed by atoms with E-state index in [0.717, 1.165) is 57.9 Å². The normalized spacial score (nSPS) is 44.2. The van der Waals surface area contributed by atoms with E-state index in [0.29, 0.717) is 24.7 Å². The highest BCUT2D eigenvalue weighted by atomic mass is 16.5. The van der Waals surface area contributed by atoms with Gasteiger partial charge in [0.1, 0.15) is 6.10 Å². The molecule has 0 aromatic rings. The number of ketones is 1. The molecule has 0 aromatic heterocycles. The van der Waals surface area contributed by atoms with E-state index in [9.17, 15) is 14.4 Å². The Balaban J connectivity index is 1.56. The highest BCUT2D eigenvalue weighted by Gasteiger charge is 2.70. The summed E-state index contributed by atoms with van der Waals surface area (Å²) >= 11 is 0. The summed E-state index contributed by atoms with van der Waals surface area (Å²) in [6.07, 6.45) is 8.29. The van der Waals surface area contributed by atoms with Gasteiger partial charge in [-0.05, 0) is 98.8 Å². The standard InChI is InChI=1S/C33H52N2O6/c1-18-13-14-32(4)21(16-18)17-25(41-20(3)36)27-23-11-10-22(19(2)9-12-26(37)40-6)33(23,5)30(38)29(28(27)32)35-31(39)24-8-7-15-34-24/h18-19,21-25,27-29,34H,7-17H2,1-6H3,(H,35,39)/t18-,19-,21+,22?,23?,24?,25?,27?,28?,29?,32+,33-/m1/s1.